The molecule has 0 atom stereocenters. The first-order valence-electron chi connectivity index (χ1n) is 5.41. The summed E-state index contributed by atoms with van der Waals surface area (Å²) in [7, 11) is 0. The molecular weight excluding hydrogens is 245 g/mol. The van der Waals surface area contributed by atoms with Crippen molar-refractivity contribution in [1.29, 1.82) is 0 Å². The molecule has 1 saturated carbocycles. The van der Waals surface area contributed by atoms with Crippen LogP contribution in [0, 0.1) is 11.2 Å². The van der Waals surface area contributed by atoms with Gasteiger partial charge in [-0.15, -0.1) is 0 Å². The van der Waals surface area contributed by atoms with Crippen molar-refractivity contribution in [2.24, 2.45) is 5.41 Å². The van der Waals surface area contributed by atoms with Crippen molar-refractivity contribution in [3.05, 3.63) is 34.6 Å². The van der Waals surface area contributed by atoms with Crippen LogP contribution in [0.4, 0.5) is 4.39 Å². The molecule has 1 aromatic rings. The molecule has 1 aromatic carbocycles. The number of rotatable bonds is 4. The highest BCUT2D eigenvalue weighted by atomic mass is 35.5. The predicted molar refractivity (Wildman–Crippen MR) is 62.5 cm³/mol. The van der Waals surface area contributed by atoms with Crippen LogP contribution in [0.15, 0.2) is 18.2 Å². The minimum Gasteiger partial charge on any atom is -0.396 e. The van der Waals surface area contributed by atoms with E-state index in [1.807, 2.05) is 0 Å². The molecule has 0 saturated heterocycles. The third-order valence-electron chi connectivity index (χ3n) is 3.11. The molecule has 17 heavy (non-hydrogen) atoms. The SMILES string of the molecule is O=C(NCC1(CO)CC1)c1cccc(Cl)c1F. The third-order valence-corrected chi connectivity index (χ3v) is 3.40. The van der Waals surface area contributed by atoms with Gasteiger partial charge in [-0.1, -0.05) is 17.7 Å². The summed E-state index contributed by atoms with van der Waals surface area (Å²) in [6.45, 7) is 0.416. The zero-order valence-corrected chi connectivity index (χ0v) is 9.93. The van der Waals surface area contributed by atoms with E-state index < -0.39 is 11.7 Å². The summed E-state index contributed by atoms with van der Waals surface area (Å²) in [6.07, 6.45) is 1.78. The first-order valence-corrected chi connectivity index (χ1v) is 5.79. The van der Waals surface area contributed by atoms with Crippen LogP contribution in [0.1, 0.15) is 23.2 Å². The summed E-state index contributed by atoms with van der Waals surface area (Å²) in [4.78, 5) is 11.7. The van der Waals surface area contributed by atoms with Crippen molar-refractivity contribution >= 4 is 17.5 Å². The number of hydrogen-bond acceptors (Lipinski definition) is 2. The molecule has 1 aliphatic rings. The summed E-state index contributed by atoms with van der Waals surface area (Å²) in [5.41, 5.74) is -0.253. The highest BCUT2D eigenvalue weighted by Gasteiger charge is 2.42. The minimum absolute atomic E-state index is 0.0469. The van der Waals surface area contributed by atoms with Crippen LogP contribution in [0.25, 0.3) is 0 Å². The van der Waals surface area contributed by atoms with E-state index in [4.69, 9.17) is 16.7 Å². The normalized spacial score (nSPS) is 16.6. The smallest absolute Gasteiger partial charge is 0.254 e. The molecule has 0 aromatic heterocycles. The Hall–Kier alpha value is -1.13. The quantitative estimate of drug-likeness (QED) is 0.867. The van der Waals surface area contributed by atoms with Crippen LogP contribution in [-0.2, 0) is 0 Å². The molecule has 0 bridgehead atoms. The van der Waals surface area contributed by atoms with Crippen LogP contribution in [0.3, 0.4) is 0 Å². The molecule has 1 fully saturated rings. The number of carbonyl (C=O) groups is 1. The third kappa shape index (κ3) is 2.58. The number of halogens is 2. The monoisotopic (exact) mass is 257 g/mol. The maximum atomic E-state index is 13.5. The van der Waals surface area contributed by atoms with Gasteiger partial charge in [-0.3, -0.25) is 4.79 Å². The number of carbonyl (C=O) groups excluding carboxylic acids is 1. The van der Waals surface area contributed by atoms with E-state index in [-0.39, 0.29) is 22.6 Å². The van der Waals surface area contributed by atoms with Gasteiger partial charge in [0.15, 0.2) is 5.82 Å². The zero-order valence-electron chi connectivity index (χ0n) is 9.17. The molecule has 5 heteroatoms. The second-order valence-electron chi connectivity index (χ2n) is 4.44. The number of nitrogens with one attached hydrogen (secondary N) is 1. The van der Waals surface area contributed by atoms with Gasteiger partial charge >= 0.3 is 0 Å². The lowest BCUT2D eigenvalue weighted by Crippen LogP contribution is -2.32. The molecule has 92 valence electrons. The maximum absolute atomic E-state index is 13.5. The molecule has 2 rings (SSSR count). The van der Waals surface area contributed by atoms with Gasteiger partial charge in [-0.25, -0.2) is 4.39 Å². The standard InChI is InChI=1S/C12H13ClFNO2/c13-9-3-1-2-8(10(9)14)11(17)15-6-12(7-16)4-5-12/h1-3,16H,4-7H2,(H,15,17). The predicted octanol–water partition coefficient (Wildman–Crippen LogP) is 1.98. The van der Waals surface area contributed by atoms with Gasteiger partial charge in [0.2, 0.25) is 0 Å². The van der Waals surface area contributed by atoms with Crippen molar-refractivity contribution in [1.82, 2.24) is 5.32 Å². The Kier molecular flexibility index (Phi) is 3.35. The number of hydrogen-bond donors (Lipinski definition) is 2. The van der Waals surface area contributed by atoms with Gasteiger partial charge in [0.1, 0.15) is 0 Å². The van der Waals surface area contributed by atoms with Gasteiger partial charge in [0, 0.05) is 12.0 Å². The second kappa shape index (κ2) is 4.63. The summed E-state index contributed by atoms with van der Waals surface area (Å²) in [6, 6.07) is 4.30. The Labute approximate surface area is 104 Å². The number of aliphatic hydroxyl groups excluding tert-OH is 1. The fourth-order valence-corrected chi connectivity index (χ4v) is 1.78. The highest BCUT2D eigenvalue weighted by Crippen LogP contribution is 2.44. The summed E-state index contributed by atoms with van der Waals surface area (Å²) >= 11 is 5.59. The van der Waals surface area contributed by atoms with Crippen LogP contribution in [0.5, 0.6) is 0 Å². The van der Waals surface area contributed by atoms with Gasteiger partial charge in [0.25, 0.3) is 5.91 Å². The van der Waals surface area contributed by atoms with E-state index >= 15 is 0 Å². The molecule has 0 heterocycles. The molecule has 0 aliphatic heterocycles. The Morgan fingerprint density at radius 2 is 2.24 bits per heavy atom. The fourth-order valence-electron chi connectivity index (χ4n) is 1.61. The van der Waals surface area contributed by atoms with Crippen LogP contribution >= 0.6 is 11.6 Å². The lowest BCUT2D eigenvalue weighted by Gasteiger charge is -2.13. The molecular formula is C12H13ClFNO2. The number of amides is 1. The van der Waals surface area contributed by atoms with Crippen molar-refractivity contribution in [2.45, 2.75) is 12.8 Å². The second-order valence-corrected chi connectivity index (χ2v) is 4.85. The summed E-state index contributed by atoms with van der Waals surface area (Å²) < 4.78 is 13.5. The Balaban J connectivity index is 2.02. The Bertz CT molecular complexity index is 446. The minimum atomic E-state index is -0.708. The zero-order chi connectivity index (χ0) is 12.5. The van der Waals surface area contributed by atoms with E-state index in [1.165, 1.54) is 18.2 Å². The van der Waals surface area contributed by atoms with Crippen molar-refractivity contribution in [3.8, 4) is 0 Å². The van der Waals surface area contributed by atoms with E-state index in [0.29, 0.717) is 6.54 Å². The van der Waals surface area contributed by atoms with Crippen molar-refractivity contribution in [3.63, 3.8) is 0 Å². The lowest BCUT2D eigenvalue weighted by molar-refractivity contribution is 0.0931. The topological polar surface area (TPSA) is 49.3 Å². The Morgan fingerprint density at radius 1 is 1.53 bits per heavy atom. The molecule has 2 N–H and O–H groups in total. The summed E-state index contributed by atoms with van der Waals surface area (Å²) in [5.74, 6) is -1.20. The molecule has 3 nitrogen and oxygen atoms in total. The van der Waals surface area contributed by atoms with Crippen LogP contribution in [-0.4, -0.2) is 24.2 Å². The molecule has 1 aliphatic carbocycles. The van der Waals surface area contributed by atoms with Crippen molar-refractivity contribution < 1.29 is 14.3 Å². The average molecular weight is 258 g/mol. The molecule has 1 amide bonds. The number of benzene rings is 1. The number of aliphatic hydroxyl groups is 1. The first-order chi connectivity index (χ1) is 8.08. The van der Waals surface area contributed by atoms with Crippen LogP contribution < -0.4 is 5.32 Å². The maximum Gasteiger partial charge on any atom is 0.254 e. The van der Waals surface area contributed by atoms with Gasteiger partial charge in [0.05, 0.1) is 17.2 Å². The fraction of sp³-hybridized carbons (Fsp3) is 0.417. The van der Waals surface area contributed by atoms with E-state index in [1.54, 1.807) is 0 Å². The molecule has 0 spiro atoms. The average Bonchev–Trinajstić information content (AvgIpc) is 3.10. The first kappa shape index (κ1) is 12.3. The lowest BCUT2D eigenvalue weighted by atomic mass is 10.1. The van der Waals surface area contributed by atoms with Gasteiger partial charge in [-0.05, 0) is 25.0 Å². The van der Waals surface area contributed by atoms with E-state index in [9.17, 15) is 9.18 Å². The van der Waals surface area contributed by atoms with Gasteiger partial charge in [-0.2, -0.15) is 0 Å². The van der Waals surface area contributed by atoms with E-state index in [0.717, 1.165) is 12.8 Å². The van der Waals surface area contributed by atoms with Gasteiger partial charge < -0.3 is 10.4 Å². The van der Waals surface area contributed by atoms with Crippen molar-refractivity contribution in [2.75, 3.05) is 13.2 Å². The highest BCUT2D eigenvalue weighted by molar-refractivity contribution is 6.31. The summed E-state index contributed by atoms with van der Waals surface area (Å²) in [5, 5.41) is 11.6. The molecule has 0 radical (unpaired) electrons. The van der Waals surface area contributed by atoms with Crippen LogP contribution in [0.2, 0.25) is 5.02 Å². The Morgan fingerprint density at radius 3 is 2.82 bits per heavy atom. The molecule has 0 unspecified atom stereocenters. The largest absolute Gasteiger partial charge is 0.396 e. The van der Waals surface area contributed by atoms with E-state index in [2.05, 4.69) is 5.32 Å².